The number of phosphoric ester groups is 1. The van der Waals surface area contributed by atoms with E-state index in [1.54, 1.807) is 0 Å². The molecule has 9 nitrogen and oxygen atoms in total. The van der Waals surface area contributed by atoms with Crippen molar-refractivity contribution >= 4 is 19.8 Å². The third kappa shape index (κ3) is 28.5. The van der Waals surface area contributed by atoms with Crippen molar-refractivity contribution in [1.82, 2.24) is 0 Å². The maximum atomic E-state index is 12.3. The van der Waals surface area contributed by atoms with Gasteiger partial charge in [-0.25, -0.2) is 4.57 Å². The first kappa shape index (κ1) is 39.0. The molecular weight excluding hydrogens is 533 g/mol. The van der Waals surface area contributed by atoms with Crippen LogP contribution < -0.4 is 0 Å². The van der Waals surface area contributed by atoms with Crippen LogP contribution in [0.4, 0.5) is 0 Å². The summed E-state index contributed by atoms with van der Waals surface area (Å²) in [5.41, 5.74) is 0. The molecule has 10 heteroatoms. The SMILES string of the molecule is CCCCCCCCCCCCCCCCCCCC(=O)OC(COC(C)=O)COP(=O)(O)OCC[N+](C)(C)C. The molecule has 1 N–H and O–H groups in total. The number of phosphoric acid groups is 1. The van der Waals surface area contributed by atoms with Crippen LogP contribution in [0, 0.1) is 0 Å². The highest BCUT2D eigenvalue weighted by atomic mass is 31.2. The van der Waals surface area contributed by atoms with Gasteiger partial charge in [0, 0.05) is 13.3 Å². The number of likely N-dealkylation sites (N-methyl/N-ethyl adjacent to an activating group) is 1. The molecule has 0 aliphatic heterocycles. The Labute approximate surface area is 244 Å². The second-order valence-electron chi connectivity index (χ2n) is 11.9. The molecule has 0 saturated heterocycles. The molecular formula is C30H61NO8P+. The van der Waals surface area contributed by atoms with Gasteiger partial charge in [-0.15, -0.1) is 0 Å². The number of carbonyl (C=O) groups is 2. The highest BCUT2D eigenvalue weighted by molar-refractivity contribution is 7.47. The zero-order valence-electron chi connectivity index (χ0n) is 26.3. The molecule has 0 radical (unpaired) electrons. The molecule has 0 aromatic carbocycles. The van der Waals surface area contributed by atoms with Crippen LogP contribution >= 0.6 is 7.82 Å². The molecule has 0 fully saturated rings. The Morgan fingerprint density at radius 1 is 0.725 bits per heavy atom. The quantitative estimate of drug-likeness (QED) is 0.0434. The van der Waals surface area contributed by atoms with Crippen molar-refractivity contribution in [2.75, 3.05) is 47.5 Å². The van der Waals surface area contributed by atoms with Crippen LogP contribution in [-0.2, 0) is 32.7 Å². The van der Waals surface area contributed by atoms with Crippen LogP contribution in [-0.4, -0.2) is 74.9 Å². The molecule has 2 unspecified atom stereocenters. The third-order valence-electron chi connectivity index (χ3n) is 6.70. The van der Waals surface area contributed by atoms with Gasteiger partial charge in [0.2, 0.25) is 0 Å². The van der Waals surface area contributed by atoms with Crippen LogP contribution in [0.2, 0.25) is 0 Å². The van der Waals surface area contributed by atoms with Gasteiger partial charge in [0.1, 0.15) is 19.8 Å². The fraction of sp³-hybridized carbons (Fsp3) is 0.933. The van der Waals surface area contributed by atoms with Gasteiger partial charge in [0.15, 0.2) is 6.10 Å². The Kier molecular flexibility index (Phi) is 24.0. The van der Waals surface area contributed by atoms with E-state index in [9.17, 15) is 19.0 Å². The highest BCUT2D eigenvalue weighted by Gasteiger charge is 2.26. The van der Waals surface area contributed by atoms with Crippen LogP contribution in [0.5, 0.6) is 0 Å². The minimum absolute atomic E-state index is 0.0327. The van der Waals surface area contributed by atoms with Crippen LogP contribution in [0.1, 0.15) is 129 Å². The fourth-order valence-corrected chi connectivity index (χ4v) is 4.95. The number of esters is 2. The summed E-state index contributed by atoms with van der Waals surface area (Å²) < 4.78 is 32.9. The second kappa shape index (κ2) is 24.6. The predicted molar refractivity (Wildman–Crippen MR) is 160 cm³/mol. The van der Waals surface area contributed by atoms with Crippen molar-refractivity contribution in [2.24, 2.45) is 0 Å². The van der Waals surface area contributed by atoms with E-state index in [0.29, 0.717) is 17.4 Å². The first-order chi connectivity index (χ1) is 18.9. The second-order valence-corrected chi connectivity index (χ2v) is 13.4. The minimum Gasteiger partial charge on any atom is -0.462 e. The average Bonchev–Trinajstić information content (AvgIpc) is 2.86. The maximum absolute atomic E-state index is 12.3. The van der Waals surface area contributed by atoms with Gasteiger partial charge in [-0.05, 0) is 6.42 Å². The average molecular weight is 595 g/mol. The van der Waals surface area contributed by atoms with E-state index >= 15 is 0 Å². The first-order valence-electron chi connectivity index (χ1n) is 15.7. The van der Waals surface area contributed by atoms with Crippen molar-refractivity contribution in [3.8, 4) is 0 Å². The number of ether oxygens (including phenoxy) is 2. The summed E-state index contributed by atoms with van der Waals surface area (Å²) in [6, 6.07) is 0. The molecule has 0 aliphatic rings. The van der Waals surface area contributed by atoms with Gasteiger partial charge < -0.3 is 18.9 Å². The summed E-state index contributed by atoms with van der Waals surface area (Å²) in [6.45, 7) is 3.39. The van der Waals surface area contributed by atoms with Gasteiger partial charge in [0.05, 0.1) is 27.7 Å². The number of unbranched alkanes of at least 4 members (excludes halogenated alkanes) is 16. The van der Waals surface area contributed by atoms with E-state index in [2.05, 4.69) is 6.92 Å². The molecule has 0 amide bonds. The van der Waals surface area contributed by atoms with Crippen molar-refractivity contribution < 1.29 is 42.1 Å². The minimum atomic E-state index is -4.32. The molecule has 0 heterocycles. The standard InChI is InChI=1S/C30H60NO8P/c1-6-7-8-9-10-11-12-13-14-15-16-17-18-19-20-21-22-23-30(33)39-29(26-36-28(2)32)27-38-40(34,35)37-25-24-31(3,4)5/h29H,6-27H2,1-5H3/p+1. The van der Waals surface area contributed by atoms with Gasteiger partial charge in [-0.3, -0.25) is 18.6 Å². The number of carbonyl (C=O) groups excluding carboxylic acids is 2. The fourth-order valence-electron chi connectivity index (χ4n) is 4.21. The van der Waals surface area contributed by atoms with Crippen molar-refractivity contribution in [3.63, 3.8) is 0 Å². The summed E-state index contributed by atoms with van der Waals surface area (Å²) >= 11 is 0. The Balaban J connectivity index is 3.91. The topological polar surface area (TPSA) is 108 Å². The summed E-state index contributed by atoms with van der Waals surface area (Å²) in [5.74, 6) is -0.985. The molecule has 0 rings (SSSR count). The smallest absolute Gasteiger partial charge is 0.462 e. The Hall–Kier alpha value is -0.990. The Morgan fingerprint density at radius 2 is 1.18 bits per heavy atom. The molecule has 0 saturated carbocycles. The van der Waals surface area contributed by atoms with Gasteiger partial charge in [-0.1, -0.05) is 110 Å². The highest BCUT2D eigenvalue weighted by Crippen LogP contribution is 2.43. The zero-order valence-corrected chi connectivity index (χ0v) is 27.2. The van der Waals surface area contributed by atoms with Gasteiger partial charge in [0.25, 0.3) is 0 Å². The van der Waals surface area contributed by atoms with E-state index in [-0.39, 0.29) is 19.6 Å². The molecule has 2 atom stereocenters. The lowest BCUT2D eigenvalue weighted by molar-refractivity contribution is -0.870. The predicted octanol–water partition coefficient (Wildman–Crippen LogP) is 7.34. The lowest BCUT2D eigenvalue weighted by atomic mass is 10.0. The monoisotopic (exact) mass is 594 g/mol. The molecule has 0 bridgehead atoms. The molecule has 40 heavy (non-hydrogen) atoms. The molecule has 0 aromatic rings. The van der Waals surface area contributed by atoms with Gasteiger partial charge in [-0.2, -0.15) is 0 Å². The number of nitrogens with zero attached hydrogens (tertiary/aromatic N) is 1. The number of rotatable bonds is 28. The van der Waals surface area contributed by atoms with E-state index in [4.69, 9.17) is 18.5 Å². The number of hydrogen-bond acceptors (Lipinski definition) is 7. The summed E-state index contributed by atoms with van der Waals surface area (Å²) in [5, 5.41) is 0. The van der Waals surface area contributed by atoms with E-state index in [1.165, 1.54) is 96.8 Å². The van der Waals surface area contributed by atoms with E-state index in [0.717, 1.165) is 12.8 Å². The van der Waals surface area contributed by atoms with E-state index < -0.39 is 32.5 Å². The third-order valence-corrected chi connectivity index (χ3v) is 7.68. The molecule has 0 aliphatic carbocycles. The Morgan fingerprint density at radius 3 is 1.60 bits per heavy atom. The molecule has 0 aromatic heterocycles. The Bertz CT molecular complexity index is 683. The van der Waals surface area contributed by atoms with Gasteiger partial charge >= 0.3 is 19.8 Å². The lowest BCUT2D eigenvalue weighted by Gasteiger charge is -2.24. The zero-order chi connectivity index (χ0) is 30.1. The number of hydrogen-bond donors (Lipinski definition) is 1. The first-order valence-corrected chi connectivity index (χ1v) is 17.2. The normalized spacial score (nSPS) is 14.1. The molecule has 238 valence electrons. The molecule has 0 spiro atoms. The van der Waals surface area contributed by atoms with Crippen LogP contribution in [0.25, 0.3) is 0 Å². The summed E-state index contributed by atoms with van der Waals surface area (Å²) in [4.78, 5) is 33.4. The summed E-state index contributed by atoms with van der Waals surface area (Å²) in [7, 11) is 1.47. The summed E-state index contributed by atoms with van der Waals surface area (Å²) in [6.07, 6.45) is 20.8. The van der Waals surface area contributed by atoms with Crippen molar-refractivity contribution in [2.45, 2.75) is 136 Å². The number of quaternary nitrogens is 1. The largest absolute Gasteiger partial charge is 0.472 e. The van der Waals surface area contributed by atoms with Crippen LogP contribution in [0.3, 0.4) is 0 Å². The lowest BCUT2D eigenvalue weighted by Crippen LogP contribution is -2.37. The van der Waals surface area contributed by atoms with Crippen LogP contribution in [0.15, 0.2) is 0 Å². The van der Waals surface area contributed by atoms with Crippen molar-refractivity contribution in [3.05, 3.63) is 0 Å². The maximum Gasteiger partial charge on any atom is 0.472 e. The van der Waals surface area contributed by atoms with E-state index in [1.807, 2.05) is 21.1 Å². The van der Waals surface area contributed by atoms with Crippen molar-refractivity contribution in [1.29, 1.82) is 0 Å².